The second kappa shape index (κ2) is 5.03. The van der Waals surface area contributed by atoms with Crippen molar-refractivity contribution in [2.75, 3.05) is 0 Å². The van der Waals surface area contributed by atoms with E-state index in [9.17, 15) is 19.6 Å². The second-order valence-electron chi connectivity index (χ2n) is 3.72. The average Bonchev–Trinajstić information content (AvgIpc) is 2.26. The first kappa shape index (κ1) is 12.6. The number of aliphatic hydroxyl groups is 1. The van der Waals surface area contributed by atoms with Crippen LogP contribution in [0.1, 0.15) is 31.7 Å². The molecule has 0 aliphatic heterocycles. The topological polar surface area (TPSA) is 63.4 Å². The highest BCUT2D eigenvalue weighted by atomic mass is 19.1. The standard InChI is InChI=1S/C11H14FNO3/c1-3-11(14)7(2)9-5-4-8(12)6-10(9)13(15)16/h4-7,11,14H,3H2,1-2H3. The second-order valence-corrected chi connectivity index (χ2v) is 3.72. The summed E-state index contributed by atoms with van der Waals surface area (Å²) < 4.78 is 12.9. The monoisotopic (exact) mass is 227 g/mol. The van der Waals surface area contributed by atoms with Gasteiger partial charge in [-0.1, -0.05) is 13.8 Å². The summed E-state index contributed by atoms with van der Waals surface area (Å²) >= 11 is 0. The molecule has 0 amide bonds. The van der Waals surface area contributed by atoms with Crippen LogP contribution in [-0.2, 0) is 0 Å². The largest absolute Gasteiger partial charge is 0.393 e. The lowest BCUT2D eigenvalue weighted by Crippen LogP contribution is -2.15. The van der Waals surface area contributed by atoms with Crippen molar-refractivity contribution in [2.45, 2.75) is 32.3 Å². The first-order valence-corrected chi connectivity index (χ1v) is 5.09. The number of nitro groups is 1. The van der Waals surface area contributed by atoms with Crippen molar-refractivity contribution in [3.8, 4) is 0 Å². The highest BCUT2D eigenvalue weighted by molar-refractivity contribution is 5.43. The summed E-state index contributed by atoms with van der Waals surface area (Å²) in [5.74, 6) is -1.03. The number of benzene rings is 1. The molecule has 0 heterocycles. The molecule has 0 spiro atoms. The van der Waals surface area contributed by atoms with Crippen molar-refractivity contribution < 1.29 is 14.4 Å². The normalized spacial score (nSPS) is 14.5. The van der Waals surface area contributed by atoms with E-state index >= 15 is 0 Å². The van der Waals surface area contributed by atoms with Crippen molar-refractivity contribution in [1.29, 1.82) is 0 Å². The molecule has 88 valence electrons. The molecule has 4 nitrogen and oxygen atoms in total. The fourth-order valence-corrected chi connectivity index (χ4v) is 1.62. The summed E-state index contributed by atoms with van der Waals surface area (Å²) in [5.41, 5.74) is 0.0840. The van der Waals surface area contributed by atoms with Gasteiger partial charge in [-0.2, -0.15) is 0 Å². The van der Waals surface area contributed by atoms with Crippen LogP contribution in [0.15, 0.2) is 18.2 Å². The molecule has 1 rings (SSSR count). The van der Waals surface area contributed by atoms with E-state index in [4.69, 9.17) is 0 Å². The Hall–Kier alpha value is -1.49. The minimum atomic E-state index is -0.663. The molecule has 2 atom stereocenters. The highest BCUT2D eigenvalue weighted by Gasteiger charge is 2.23. The quantitative estimate of drug-likeness (QED) is 0.635. The summed E-state index contributed by atoms with van der Waals surface area (Å²) in [6.07, 6.45) is -0.167. The Bertz CT molecular complexity index is 395. The fourth-order valence-electron chi connectivity index (χ4n) is 1.62. The Morgan fingerprint density at radius 1 is 1.56 bits per heavy atom. The van der Waals surface area contributed by atoms with E-state index in [1.165, 1.54) is 12.1 Å². The van der Waals surface area contributed by atoms with Gasteiger partial charge in [0.15, 0.2) is 0 Å². The molecular weight excluding hydrogens is 213 g/mol. The molecule has 16 heavy (non-hydrogen) atoms. The molecule has 2 unspecified atom stereocenters. The van der Waals surface area contributed by atoms with Crippen LogP contribution in [0.2, 0.25) is 0 Å². The summed E-state index contributed by atoms with van der Waals surface area (Å²) in [6, 6.07) is 3.41. The third kappa shape index (κ3) is 2.55. The van der Waals surface area contributed by atoms with E-state index < -0.39 is 16.8 Å². The van der Waals surface area contributed by atoms with E-state index in [0.29, 0.717) is 12.0 Å². The van der Waals surface area contributed by atoms with Crippen molar-refractivity contribution in [1.82, 2.24) is 0 Å². The molecule has 0 saturated heterocycles. The Balaban J connectivity index is 3.17. The molecule has 0 fully saturated rings. The summed E-state index contributed by atoms with van der Waals surface area (Å²) in [7, 11) is 0. The van der Waals surface area contributed by atoms with Crippen LogP contribution in [0, 0.1) is 15.9 Å². The Morgan fingerprint density at radius 2 is 2.19 bits per heavy atom. The van der Waals surface area contributed by atoms with E-state index in [-0.39, 0.29) is 11.6 Å². The third-order valence-corrected chi connectivity index (χ3v) is 2.68. The molecule has 0 bridgehead atoms. The Kier molecular flexibility index (Phi) is 3.95. The van der Waals surface area contributed by atoms with Gasteiger partial charge in [-0.05, 0) is 18.6 Å². The van der Waals surface area contributed by atoms with Crippen LogP contribution in [-0.4, -0.2) is 16.1 Å². The molecule has 0 aliphatic carbocycles. The van der Waals surface area contributed by atoms with Gasteiger partial charge in [0.2, 0.25) is 0 Å². The lowest BCUT2D eigenvalue weighted by molar-refractivity contribution is -0.386. The molecule has 1 aromatic rings. The molecule has 1 N–H and O–H groups in total. The van der Waals surface area contributed by atoms with Crippen LogP contribution in [0.4, 0.5) is 10.1 Å². The molecular formula is C11H14FNO3. The van der Waals surface area contributed by atoms with Crippen LogP contribution < -0.4 is 0 Å². The van der Waals surface area contributed by atoms with Gasteiger partial charge in [0, 0.05) is 11.5 Å². The number of hydrogen-bond acceptors (Lipinski definition) is 3. The van der Waals surface area contributed by atoms with Crippen molar-refractivity contribution in [3.63, 3.8) is 0 Å². The van der Waals surface area contributed by atoms with E-state index in [0.717, 1.165) is 6.07 Å². The van der Waals surface area contributed by atoms with Gasteiger partial charge in [0.05, 0.1) is 17.1 Å². The Labute approximate surface area is 92.9 Å². The molecule has 1 aromatic carbocycles. The Morgan fingerprint density at radius 3 is 2.69 bits per heavy atom. The van der Waals surface area contributed by atoms with Crippen molar-refractivity contribution >= 4 is 5.69 Å². The molecule has 0 radical (unpaired) electrons. The lowest BCUT2D eigenvalue weighted by Gasteiger charge is -2.17. The molecule has 0 aromatic heterocycles. The summed E-state index contributed by atoms with van der Waals surface area (Å²) in [5, 5.41) is 20.4. The zero-order chi connectivity index (χ0) is 12.3. The van der Waals surface area contributed by atoms with Gasteiger partial charge < -0.3 is 5.11 Å². The van der Waals surface area contributed by atoms with Crippen molar-refractivity contribution in [2.24, 2.45) is 0 Å². The number of halogens is 1. The van der Waals surface area contributed by atoms with Gasteiger partial charge in [-0.3, -0.25) is 10.1 Å². The van der Waals surface area contributed by atoms with Crippen LogP contribution in [0.3, 0.4) is 0 Å². The molecule has 0 aliphatic rings. The highest BCUT2D eigenvalue weighted by Crippen LogP contribution is 2.30. The van der Waals surface area contributed by atoms with E-state index in [1.807, 2.05) is 0 Å². The van der Waals surface area contributed by atoms with E-state index in [1.54, 1.807) is 13.8 Å². The zero-order valence-corrected chi connectivity index (χ0v) is 9.18. The number of aliphatic hydroxyl groups excluding tert-OH is 1. The first-order valence-electron chi connectivity index (χ1n) is 5.09. The maximum atomic E-state index is 12.9. The number of nitro benzene ring substituents is 1. The van der Waals surface area contributed by atoms with Crippen molar-refractivity contribution in [3.05, 3.63) is 39.7 Å². The van der Waals surface area contributed by atoms with Gasteiger partial charge in [-0.25, -0.2) is 4.39 Å². The van der Waals surface area contributed by atoms with Gasteiger partial charge >= 0.3 is 0 Å². The average molecular weight is 227 g/mol. The smallest absolute Gasteiger partial charge is 0.275 e. The fraction of sp³-hybridized carbons (Fsp3) is 0.455. The lowest BCUT2D eigenvalue weighted by atomic mass is 9.92. The third-order valence-electron chi connectivity index (χ3n) is 2.68. The predicted molar refractivity (Wildman–Crippen MR) is 57.8 cm³/mol. The minimum absolute atomic E-state index is 0.278. The zero-order valence-electron chi connectivity index (χ0n) is 9.18. The summed E-state index contributed by atoms with van der Waals surface area (Å²) in [6.45, 7) is 3.48. The van der Waals surface area contributed by atoms with Gasteiger partial charge in [0.1, 0.15) is 5.82 Å². The number of hydrogen-bond donors (Lipinski definition) is 1. The maximum Gasteiger partial charge on any atom is 0.275 e. The van der Waals surface area contributed by atoms with Gasteiger partial charge in [-0.15, -0.1) is 0 Å². The maximum absolute atomic E-state index is 12.9. The van der Waals surface area contributed by atoms with Gasteiger partial charge in [0.25, 0.3) is 5.69 Å². The number of rotatable bonds is 4. The SMILES string of the molecule is CCC(O)C(C)c1ccc(F)cc1[N+](=O)[O-]. The first-order chi connectivity index (χ1) is 7.47. The minimum Gasteiger partial charge on any atom is -0.393 e. The molecule has 5 heteroatoms. The van der Waals surface area contributed by atoms with Crippen LogP contribution >= 0.6 is 0 Å². The predicted octanol–water partition coefficient (Wildman–Crippen LogP) is 2.61. The summed E-state index contributed by atoms with van der Waals surface area (Å²) in [4.78, 5) is 10.1. The number of nitrogens with zero attached hydrogens (tertiary/aromatic N) is 1. The van der Waals surface area contributed by atoms with Crippen LogP contribution in [0.5, 0.6) is 0 Å². The van der Waals surface area contributed by atoms with Crippen LogP contribution in [0.25, 0.3) is 0 Å². The van der Waals surface area contributed by atoms with E-state index in [2.05, 4.69) is 0 Å². The molecule has 0 saturated carbocycles.